The van der Waals surface area contributed by atoms with Gasteiger partial charge in [-0.05, 0) is 31.3 Å². The second-order valence-corrected chi connectivity index (χ2v) is 10.5. The maximum Gasteiger partial charge on any atom is 0.178 e. The van der Waals surface area contributed by atoms with E-state index in [1.807, 2.05) is 0 Å². The number of hydrogen-bond donors (Lipinski definition) is 7. The molecule has 0 radical (unpaired) electrons. The van der Waals surface area contributed by atoms with Crippen LogP contribution in [0.4, 0.5) is 0 Å². The molecule has 0 aromatic rings. The van der Waals surface area contributed by atoms with Crippen molar-refractivity contribution in [2.75, 3.05) is 0 Å². The molecule has 0 aromatic heterocycles. The summed E-state index contributed by atoms with van der Waals surface area (Å²) in [7, 11) is 0. The van der Waals surface area contributed by atoms with Gasteiger partial charge in [0.15, 0.2) is 11.4 Å². The molecule has 158 valence electrons. The summed E-state index contributed by atoms with van der Waals surface area (Å²) in [6, 6.07) is 0. The molecule has 6 bridgehead atoms. The zero-order valence-electron chi connectivity index (χ0n) is 16.6. The molecule has 6 fully saturated rings. The van der Waals surface area contributed by atoms with Gasteiger partial charge in [0.05, 0.1) is 5.41 Å². The predicted octanol–water partition coefficient (Wildman–Crippen LogP) is -1.46. The average molecular weight is 398 g/mol. The van der Waals surface area contributed by atoms with Gasteiger partial charge in [0, 0.05) is 11.8 Å². The van der Waals surface area contributed by atoms with Crippen molar-refractivity contribution in [2.24, 2.45) is 16.7 Å². The van der Waals surface area contributed by atoms with Gasteiger partial charge in [-0.15, -0.1) is 0 Å². The summed E-state index contributed by atoms with van der Waals surface area (Å²) in [6.45, 7) is 9.88. The first-order valence-electron chi connectivity index (χ1n) is 9.91. The van der Waals surface area contributed by atoms with Crippen LogP contribution in [0.2, 0.25) is 0 Å². The van der Waals surface area contributed by atoms with E-state index >= 15 is 0 Å². The predicted molar refractivity (Wildman–Crippen MR) is 94.6 cm³/mol. The van der Waals surface area contributed by atoms with Gasteiger partial charge < -0.3 is 40.5 Å². The topological polar surface area (TPSA) is 151 Å². The molecule has 4 saturated carbocycles. The van der Waals surface area contributed by atoms with Crippen molar-refractivity contribution in [1.82, 2.24) is 0 Å². The molecule has 0 amide bonds. The Morgan fingerprint density at radius 1 is 1.07 bits per heavy atom. The molecule has 8 heteroatoms. The normalized spacial score (nSPS) is 69.5. The molecular weight excluding hydrogens is 368 g/mol. The van der Waals surface area contributed by atoms with Crippen molar-refractivity contribution < 1.29 is 40.5 Å². The lowest BCUT2D eigenvalue weighted by Crippen LogP contribution is -2.74. The van der Waals surface area contributed by atoms with E-state index in [9.17, 15) is 35.7 Å². The van der Waals surface area contributed by atoms with Crippen LogP contribution in [0.15, 0.2) is 12.2 Å². The molecule has 2 heterocycles. The Morgan fingerprint density at radius 3 is 2.18 bits per heavy atom. The van der Waals surface area contributed by atoms with Gasteiger partial charge in [-0.1, -0.05) is 27.4 Å². The number of ether oxygens (including phenoxy) is 1. The molecule has 4 aliphatic carbocycles. The Kier molecular flexibility index (Phi) is 2.94. The highest BCUT2D eigenvalue weighted by Crippen LogP contribution is 2.90. The van der Waals surface area contributed by atoms with Crippen LogP contribution in [-0.4, -0.2) is 81.7 Å². The molecule has 2 aliphatic heterocycles. The summed E-state index contributed by atoms with van der Waals surface area (Å²) in [5.41, 5.74) is -14.8. The third-order valence-corrected chi connectivity index (χ3v) is 9.96. The Bertz CT molecular complexity index is 831. The lowest BCUT2D eigenvalue weighted by Gasteiger charge is -2.60. The summed E-state index contributed by atoms with van der Waals surface area (Å²) >= 11 is 0. The highest BCUT2D eigenvalue weighted by atomic mass is 16.7. The lowest BCUT2D eigenvalue weighted by molar-refractivity contribution is -0.383. The van der Waals surface area contributed by atoms with Crippen molar-refractivity contribution in [3.8, 4) is 0 Å². The summed E-state index contributed by atoms with van der Waals surface area (Å²) in [6.07, 6.45) is -3.59. The summed E-state index contributed by atoms with van der Waals surface area (Å²) in [4.78, 5) is 0. The minimum atomic E-state index is -2.55. The minimum Gasteiger partial charge on any atom is -0.387 e. The van der Waals surface area contributed by atoms with Crippen LogP contribution in [0, 0.1) is 16.7 Å². The zero-order chi connectivity index (χ0) is 21.1. The smallest absolute Gasteiger partial charge is 0.178 e. The van der Waals surface area contributed by atoms with Crippen molar-refractivity contribution in [2.45, 2.75) is 93.0 Å². The third-order valence-electron chi connectivity index (χ3n) is 9.96. The van der Waals surface area contributed by atoms with Crippen LogP contribution in [0.1, 0.15) is 47.0 Å². The highest BCUT2D eigenvalue weighted by Gasteiger charge is 3.09. The molecule has 1 spiro atoms. The van der Waals surface area contributed by atoms with E-state index in [0.29, 0.717) is 0 Å². The van der Waals surface area contributed by atoms with E-state index in [2.05, 4.69) is 6.58 Å². The van der Waals surface area contributed by atoms with Crippen LogP contribution in [-0.2, 0) is 4.74 Å². The summed E-state index contributed by atoms with van der Waals surface area (Å²) in [5.74, 6) is -2.90. The largest absolute Gasteiger partial charge is 0.387 e. The van der Waals surface area contributed by atoms with Gasteiger partial charge in [-0.2, -0.15) is 0 Å². The molecular formula is C20H30O8. The Labute approximate surface area is 163 Å². The fourth-order valence-corrected chi connectivity index (χ4v) is 8.54. The standard InChI is InChI=1S/C20H30O8/c1-9(2)17(25)12(22)18(26)13(4)8-16(24)14(17,5)20(18,27)19(28-16)11(21)10(3)6-7-15(13,19)23/h9,11-12,21-27H,3,6-8H2,1-2,4-5H3/t11-,12-,13+,14-,15+,16-,17+,18-,19-,20-/m1/s1. The minimum absolute atomic E-state index is 0.0169. The molecule has 0 unspecified atom stereocenters. The van der Waals surface area contributed by atoms with Crippen molar-refractivity contribution in [1.29, 1.82) is 0 Å². The van der Waals surface area contributed by atoms with Gasteiger partial charge in [0.25, 0.3) is 0 Å². The third kappa shape index (κ3) is 1.10. The fraction of sp³-hybridized carbons (Fsp3) is 0.900. The first kappa shape index (κ1) is 19.4. The zero-order valence-corrected chi connectivity index (χ0v) is 16.6. The maximum atomic E-state index is 12.3. The van der Waals surface area contributed by atoms with E-state index in [-0.39, 0.29) is 24.8 Å². The Hall–Kier alpha value is -0.580. The monoisotopic (exact) mass is 398 g/mol. The van der Waals surface area contributed by atoms with Gasteiger partial charge in [-0.25, -0.2) is 0 Å². The number of aliphatic hydroxyl groups excluding tert-OH is 2. The van der Waals surface area contributed by atoms with Crippen LogP contribution in [0.5, 0.6) is 0 Å². The first-order valence-corrected chi connectivity index (χ1v) is 9.91. The second-order valence-electron chi connectivity index (χ2n) is 10.5. The van der Waals surface area contributed by atoms with E-state index in [1.54, 1.807) is 13.8 Å². The van der Waals surface area contributed by atoms with Crippen molar-refractivity contribution in [3.63, 3.8) is 0 Å². The van der Waals surface area contributed by atoms with Crippen LogP contribution >= 0.6 is 0 Å². The molecule has 0 aromatic carbocycles. The van der Waals surface area contributed by atoms with E-state index in [0.717, 1.165) is 0 Å². The molecule has 6 rings (SSSR count). The van der Waals surface area contributed by atoms with Gasteiger partial charge >= 0.3 is 0 Å². The average Bonchev–Trinajstić information content (AvgIpc) is 2.84. The van der Waals surface area contributed by atoms with Crippen molar-refractivity contribution >= 4 is 0 Å². The Balaban J connectivity index is 1.98. The Morgan fingerprint density at radius 2 is 1.64 bits per heavy atom. The molecule has 7 N–H and O–H groups in total. The van der Waals surface area contributed by atoms with Crippen LogP contribution in [0.3, 0.4) is 0 Å². The van der Waals surface area contributed by atoms with E-state index < -0.39 is 62.7 Å². The molecule has 8 nitrogen and oxygen atoms in total. The maximum absolute atomic E-state index is 12.3. The van der Waals surface area contributed by atoms with Crippen LogP contribution in [0.25, 0.3) is 0 Å². The van der Waals surface area contributed by atoms with E-state index in [1.165, 1.54) is 13.8 Å². The SMILES string of the molecule is C=C1CC[C@]2(O)[C@]3(C)C[C@@]4(O)O[C@@]2([C@@H]1O)[C@]1(O)[C@@]3(O)[C@H](O)[C@@](O)(C(C)C)[C@]14C. The summed E-state index contributed by atoms with van der Waals surface area (Å²) < 4.78 is 5.99. The van der Waals surface area contributed by atoms with Gasteiger partial charge in [0.2, 0.25) is 0 Å². The van der Waals surface area contributed by atoms with E-state index in [4.69, 9.17) is 4.74 Å². The quantitative estimate of drug-likeness (QED) is 0.265. The number of rotatable bonds is 1. The second kappa shape index (κ2) is 4.24. The van der Waals surface area contributed by atoms with Crippen molar-refractivity contribution in [3.05, 3.63) is 12.2 Å². The molecule has 2 saturated heterocycles. The molecule has 10 atom stereocenters. The van der Waals surface area contributed by atoms with Crippen LogP contribution < -0.4 is 0 Å². The molecule has 28 heavy (non-hydrogen) atoms. The highest BCUT2D eigenvalue weighted by molar-refractivity contribution is 5.57. The van der Waals surface area contributed by atoms with Gasteiger partial charge in [-0.3, -0.25) is 0 Å². The number of hydrogen-bond acceptors (Lipinski definition) is 8. The first-order chi connectivity index (χ1) is 12.6. The number of aliphatic hydroxyl groups is 7. The van der Waals surface area contributed by atoms with Gasteiger partial charge in [0.1, 0.15) is 34.6 Å². The molecule has 6 aliphatic rings. The fourth-order valence-electron chi connectivity index (χ4n) is 8.54. The summed E-state index contributed by atoms with van der Waals surface area (Å²) in [5, 5.41) is 82.0. The lowest BCUT2D eigenvalue weighted by atomic mass is 9.52.